The third-order valence-corrected chi connectivity index (χ3v) is 4.71. The van der Waals surface area contributed by atoms with E-state index in [1.54, 1.807) is 13.4 Å². The molecule has 0 atom stereocenters. The maximum Gasteiger partial charge on any atom is 0.138 e. The van der Waals surface area contributed by atoms with Crippen molar-refractivity contribution in [3.05, 3.63) is 47.7 Å². The molecule has 24 heavy (non-hydrogen) atoms. The van der Waals surface area contributed by atoms with Gasteiger partial charge in [0.05, 0.1) is 49.3 Å². The van der Waals surface area contributed by atoms with Crippen LogP contribution in [0.2, 0.25) is 5.02 Å². The molecular weight excluding hydrogens is 328 g/mol. The number of aromatic nitrogens is 2. The first kappa shape index (κ1) is 15.4. The van der Waals surface area contributed by atoms with Gasteiger partial charge in [0.15, 0.2) is 0 Å². The summed E-state index contributed by atoms with van der Waals surface area (Å²) in [6.07, 6.45) is 1.75. The Balaban J connectivity index is 1.72. The summed E-state index contributed by atoms with van der Waals surface area (Å²) >= 11 is 6.42. The van der Waals surface area contributed by atoms with Crippen molar-refractivity contribution in [2.24, 2.45) is 0 Å². The van der Waals surface area contributed by atoms with E-state index in [1.165, 1.54) is 0 Å². The number of halogens is 1. The van der Waals surface area contributed by atoms with Gasteiger partial charge in [-0.05, 0) is 23.8 Å². The Morgan fingerprint density at radius 3 is 2.88 bits per heavy atom. The summed E-state index contributed by atoms with van der Waals surface area (Å²) < 4.78 is 12.3. The fourth-order valence-corrected chi connectivity index (χ4v) is 3.31. The highest BCUT2D eigenvalue weighted by Gasteiger charge is 2.36. The molecule has 6 heteroatoms. The minimum absolute atomic E-state index is 0.365. The first-order valence-corrected chi connectivity index (χ1v) is 8.05. The SMILES string of the molecule is COc1cccc(-c2ccc3c(c2)ncn3CC2(O)COC2)c1Cl. The van der Waals surface area contributed by atoms with Gasteiger partial charge in [0.2, 0.25) is 0 Å². The second-order valence-electron chi connectivity index (χ2n) is 6.11. The molecule has 2 aromatic carbocycles. The van der Waals surface area contributed by atoms with Crippen molar-refractivity contribution in [1.29, 1.82) is 0 Å². The molecule has 2 heterocycles. The molecule has 0 radical (unpaired) electrons. The highest BCUT2D eigenvalue weighted by Crippen LogP contribution is 2.36. The molecular formula is C18H17ClN2O3. The van der Waals surface area contributed by atoms with Crippen molar-refractivity contribution < 1.29 is 14.6 Å². The summed E-state index contributed by atoms with van der Waals surface area (Å²) in [5.74, 6) is 0.645. The van der Waals surface area contributed by atoms with Crippen LogP contribution in [0.25, 0.3) is 22.2 Å². The maximum absolute atomic E-state index is 10.3. The maximum atomic E-state index is 10.3. The van der Waals surface area contributed by atoms with Gasteiger partial charge < -0.3 is 19.1 Å². The van der Waals surface area contributed by atoms with Crippen LogP contribution in [0.15, 0.2) is 42.7 Å². The summed E-state index contributed by atoms with van der Waals surface area (Å²) in [6.45, 7) is 1.21. The van der Waals surface area contributed by atoms with Gasteiger partial charge in [-0.3, -0.25) is 0 Å². The lowest BCUT2D eigenvalue weighted by atomic mass is 10.0. The van der Waals surface area contributed by atoms with E-state index in [-0.39, 0.29) is 0 Å². The molecule has 0 bridgehead atoms. The Labute approximate surface area is 144 Å². The summed E-state index contributed by atoms with van der Waals surface area (Å²) in [6, 6.07) is 11.7. The highest BCUT2D eigenvalue weighted by atomic mass is 35.5. The summed E-state index contributed by atoms with van der Waals surface area (Å²) in [5.41, 5.74) is 2.91. The van der Waals surface area contributed by atoms with Gasteiger partial charge in [-0.2, -0.15) is 0 Å². The Morgan fingerprint density at radius 2 is 2.17 bits per heavy atom. The number of benzene rings is 2. The summed E-state index contributed by atoms with van der Waals surface area (Å²) in [4.78, 5) is 4.46. The predicted octanol–water partition coefficient (Wildman–Crippen LogP) is 3.13. The minimum Gasteiger partial charge on any atom is -0.495 e. The van der Waals surface area contributed by atoms with E-state index in [0.29, 0.717) is 30.5 Å². The molecule has 0 aliphatic carbocycles. The zero-order chi connectivity index (χ0) is 16.7. The lowest BCUT2D eigenvalue weighted by molar-refractivity contribution is -0.184. The summed E-state index contributed by atoms with van der Waals surface area (Å²) in [7, 11) is 1.60. The molecule has 1 aliphatic heterocycles. The van der Waals surface area contributed by atoms with Crippen molar-refractivity contribution in [2.45, 2.75) is 12.1 Å². The first-order valence-electron chi connectivity index (χ1n) is 7.67. The molecule has 4 rings (SSSR count). The summed E-state index contributed by atoms with van der Waals surface area (Å²) in [5, 5.41) is 10.8. The third-order valence-electron chi connectivity index (χ3n) is 4.32. The normalized spacial score (nSPS) is 16.1. The van der Waals surface area contributed by atoms with E-state index in [0.717, 1.165) is 22.2 Å². The van der Waals surface area contributed by atoms with Gasteiger partial charge in [0, 0.05) is 5.56 Å². The molecule has 1 aliphatic rings. The fraction of sp³-hybridized carbons (Fsp3) is 0.278. The van der Waals surface area contributed by atoms with Crippen molar-refractivity contribution in [3.8, 4) is 16.9 Å². The number of fused-ring (bicyclic) bond motifs is 1. The largest absolute Gasteiger partial charge is 0.495 e. The number of imidazole rings is 1. The van der Waals surface area contributed by atoms with Gasteiger partial charge in [0.1, 0.15) is 11.4 Å². The van der Waals surface area contributed by atoms with Crippen LogP contribution in [0, 0.1) is 0 Å². The van der Waals surface area contributed by atoms with E-state index in [1.807, 2.05) is 41.0 Å². The molecule has 124 valence electrons. The van der Waals surface area contributed by atoms with E-state index in [9.17, 15) is 5.11 Å². The van der Waals surface area contributed by atoms with Crippen LogP contribution in [0.4, 0.5) is 0 Å². The highest BCUT2D eigenvalue weighted by molar-refractivity contribution is 6.34. The molecule has 0 unspecified atom stereocenters. The Morgan fingerprint density at radius 1 is 1.33 bits per heavy atom. The fourth-order valence-electron chi connectivity index (χ4n) is 2.99. The first-order chi connectivity index (χ1) is 11.6. The van der Waals surface area contributed by atoms with Crippen molar-refractivity contribution in [2.75, 3.05) is 20.3 Å². The second-order valence-corrected chi connectivity index (χ2v) is 6.49. The third kappa shape index (κ3) is 2.55. The molecule has 0 amide bonds. The van der Waals surface area contributed by atoms with Crippen LogP contribution in [0.3, 0.4) is 0 Å². The Kier molecular flexibility index (Phi) is 3.72. The zero-order valence-corrected chi connectivity index (χ0v) is 14.0. The van der Waals surface area contributed by atoms with Gasteiger partial charge in [-0.15, -0.1) is 0 Å². The monoisotopic (exact) mass is 344 g/mol. The van der Waals surface area contributed by atoms with Gasteiger partial charge in [-0.25, -0.2) is 4.98 Å². The zero-order valence-electron chi connectivity index (χ0n) is 13.2. The molecule has 0 saturated carbocycles. The smallest absolute Gasteiger partial charge is 0.138 e. The molecule has 3 aromatic rings. The van der Waals surface area contributed by atoms with Crippen molar-refractivity contribution in [1.82, 2.24) is 9.55 Å². The topological polar surface area (TPSA) is 56.5 Å². The number of ether oxygens (including phenoxy) is 2. The van der Waals surface area contributed by atoms with Crippen LogP contribution < -0.4 is 4.74 Å². The number of nitrogens with zero attached hydrogens (tertiary/aromatic N) is 2. The predicted molar refractivity (Wildman–Crippen MR) is 92.5 cm³/mol. The number of rotatable bonds is 4. The van der Waals surface area contributed by atoms with E-state index in [4.69, 9.17) is 21.1 Å². The quantitative estimate of drug-likeness (QED) is 0.790. The standard InChI is InChI=1S/C18H17ClN2O3/c1-23-16-4-2-3-13(17(16)19)12-5-6-15-14(7-12)20-11-21(15)8-18(22)9-24-10-18/h2-7,11,22H,8-10H2,1H3. The van der Waals surface area contributed by atoms with Gasteiger partial charge >= 0.3 is 0 Å². The average Bonchev–Trinajstić information content (AvgIpc) is 2.95. The molecule has 0 spiro atoms. The molecule has 1 fully saturated rings. The van der Waals surface area contributed by atoms with Crippen LogP contribution in [-0.2, 0) is 11.3 Å². The van der Waals surface area contributed by atoms with Crippen LogP contribution in [0.1, 0.15) is 0 Å². The molecule has 5 nitrogen and oxygen atoms in total. The second kappa shape index (κ2) is 5.77. The molecule has 1 saturated heterocycles. The average molecular weight is 345 g/mol. The van der Waals surface area contributed by atoms with E-state index < -0.39 is 5.60 Å². The minimum atomic E-state index is -0.789. The number of aliphatic hydroxyl groups is 1. The van der Waals surface area contributed by atoms with E-state index >= 15 is 0 Å². The lowest BCUT2D eigenvalue weighted by Gasteiger charge is -2.36. The van der Waals surface area contributed by atoms with Crippen LogP contribution >= 0.6 is 11.6 Å². The van der Waals surface area contributed by atoms with Crippen molar-refractivity contribution in [3.63, 3.8) is 0 Å². The van der Waals surface area contributed by atoms with Gasteiger partial charge in [-0.1, -0.05) is 29.8 Å². The van der Waals surface area contributed by atoms with Crippen LogP contribution in [0.5, 0.6) is 5.75 Å². The number of hydrogen-bond acceptors (Lipinski definition) is 4. The lowest BCUT2D eigenvalue weighted by Crippen LogP contribution is -2.52. The van der Waals surface area contributed by atoms with Gasteiger partial charge in [0.25, 0.3) is 0 Å². The van der Waals surface area contributed by atoms with Crippen LogP contribution in [-0.4, -0.2) is 40.6 Å². The number of methoxy groups -OCH3 is 1. The number of hydrogen-bond donors (Lipinski definition) is 1. The van der Waals surface area contributed by atoms with Crippen molar-refractivity contribution >= 4 is 22.6 Å². The Hall–Kier alpha value is -2.08. The molecule has 1 N–H and O–H groups in total. The molecule has 1 aromatic heterocycles. The Bertz CT molecular complexity index is 902. The van der Waals surface area contributed by atoms with E-state index in [2.05, 4.69) is 4.98 Å².